The molecule has 3 aliphatic carbocycles. The molecular weight excluding hydrogens is 775 g/mol. The van der Waals surface area contributed by atoms with Gasteiger partial charge >= 0.3 is 0 Å². The number of aryl methyl sites for hydroxylation is 1. The van der Waals surface area contributed by atoms with Crippen LogP contribution in [-0.4, -0.2) is 0 Å². The standard InChI is InChI=1S/C58H43NS2/c1-2-13-38(14-3-1)42-17-10-18-45(35-42)59(46-33-29-39-15-4-5-16-41(39)36-46)44-31-27-40(28-32-44)43-30-34-47(50-21-11-22-51-48-19-6-8-25-55(48)60-57(50)51)54(37-43)53-24-12-23-52-49-20-7-9-26-56(49)61-58(52)53/h2,4-6,8-16,18-19,21-37,42H,1,3,7,17,20H2. The first-order valence-electron chi connectivity index (χ1n) is 21.6. The summed E-state index contributed by atoms with van der Waals surface area (Å²) in [5, 5.41) is 6.56. The van der Waals surface area contributed by atoms with Crippen LogP contribution in [0, 0.1) is 5.92 Å². The number of fused-ring (bicyclic) bond motifs is 7. The summed E-state index contributed by atoms with van der Waals surface area (Å²) in [5.41, 5.74) is 14.1. The second-order valence-corrected chi connectivity index (χ2v) is 18.6. The summed E-state index contributed by atoms with van der Waals surface area (Å²) in [6.45, 7) is 0. The average Bonchev–Trinajstić information content (AvgIpc) is 3.91. The summed E-state index contributed by atoms with van der Waals surface area (Å²) >= 11 is 3.86. The number of rotatable bonds is 7. The van der Waals surface area contributed by atoms with Crippen molar-refractivity contribution in [3.05, 3.63) is 210 Å². The number of anilines is 2. The maximum Gasteiger partial charge on any atom is 0.0467 e. The minimum Gasteiger partial charge on any atom is -0.311 e. The van der Waals surface area contributed by atoms with Crippen molar-refractivity contribution < 1.29 is 0 Å². The lowest BCUT2D eigenvalue weighted by molar-refractivity contribution is 0.759. The Morgan fingerprint density at radius 1 is 0.492 bits per heavy atom. The average molecular weight is 818 g/mol. The zero-order valence-corrected chi connectivity index (χ0v) is 35.5. The number of hydrogen-bond donors (Lipinski definition) is 0. The Morgan fingerprint density at radius 3 is 2.13 bits per heavy atom. The third-order valence-corrected chi connectivity index (χ3v) is 15.4. The number of hydrogen-bond acceptors (Lipinski definition) is 3. The highest BCUT2D eigenvalue weighted by atomic mass is 32.1. The monoisotopic (exact) mass is 817 g/mol. The van der Waals surface area contributed by atoms with Crippen LogP contribution >= 0.6 is 22.7 Å². The van der Waals surface area contributed by atoms with Crippen LogP contribution in [0.5, 0.6) is 0 Å². The van der Waals surface area contributed by atoms with Gasteiger partial charge in [0.1, 0.15) is 0 Å². The molecule has 0 N–H and O–H groups in total. The van der Waals surface area contributed by atoms with Crippen molar-refractivity contribution in [3.63, 3.8) is 0 Å². The normalized spacial score (nSPS) is 16.0. The maximum absolute atomic E-state index is 2.48. The highest BCUT2D eigenvalue weighted by Crippen LogP contribution is 2.48. The van der Waals surface area contributed by atoms with Crippen LogP contribution < -0.4 is 4.90 Å². The van der Waals surface area contributed by atoms with E-state index in [1.54, 1.807) is 0 Å². The van der Waals surface area contributed by atoms with Crippen LogP contribution in [0.15, 0.2) is 199 Å². The lowest BCUT2D eigenvalue weighted by Gasteiger charge is -2.30. The second-order valence-electron chi connectivity index (χ2n) is 16.5. The molecule has 3 heteroatoms. The van der Waals surface area contributed by atoms with Crippen molar-refractivity contribution in [3.8, 4) is 33.4 Å². The lowest BCUT2D eigenvalue weighted by Crippen LogP contribution is -2.18. The van der Waals surface area contributed by atoms with Crippen LogP contribution in [0.2, 0.25) is 0 Å². The molecule has 1 atom stereocenters. The zero-order valence-electron chi connectivity index (χ0n) is 33.9. The third kappa shape index (κ3) is 6.43. The molecule has 0 bridgehead atoms. The van der Waals surface area contributed by atoms with Gasteiger partial charge in [-0.05, 0) is 130 Å². The van der Waals surface area contributed by atoms with Gasteiger partial charge in [0.05, 0.1) is 0 Å². The summed E-state index contributed by atoms with van der Waals surface area (Å²) in [6, 6.07) is 54.7. The van der Waals surface area contributed by atoms with Crippen molar-refractivity contribution in [2.24, 2.45) is 5.92 Å². The molecule has 0 aliphatic heterocycles. The summed E-state index contributed by atoms with van der Waals surface area (Å²) in [4.78, 5) is 3.85. The van der Waals surface area contributed by atoms with Crippen LogP contribution in [0.25, 0.3) is 80.5 Å². The van der Waals surface area contributed by atoms with E-state index in [9.17, 15) is 0 Å². The number of thiophene rings is 2. The summed E-state index contributed by atoms with van der Waals surface area (Å²) in [5.74, 6) is 0.364. The minimum atomic E-state index is 0.364. The molecule has 2 heterocycles. The van der Waals surface area contributed by atoms with Crippen LogP contribution in [-0.2, 0) is 6.42 Å². The molecule has 0 spiro atoms. The van der Waals surface area contributed by atoms with Crippen LogP contribution in [0.4, 0.5) is 11.4 Å². The van der Waals surface area contributed by atoms with Gasteiger partial charge in [-0.1, -0.05) is 146 Å². The smallest absolute Gasteiger partial charge is 0.0467 e. The fourth-order valence-electron chi connectivity index (χ4n) is 9.87. The van der Waals surface area contributed by atoms with Gasteiger partial charge in [-0.25, -0.2) is 0 Å². The highest BCUT2D eigenvalue weighted by Gasteiger charge is 2.23. The first kappa shape index (κ1) is 36.3. The van der Waals surface area contributed by atoms with Gasteiger partial charge in [0.15, 0.2) is 0 Å². The van der Waals surface area contributed by atoms with Crippen molar-refractivity contribution in [1.29, 1.82) is 0 Å². The largest absolute Gasteiger partial charge is 0.311 e. The summed E-state index contributed by atoms with van der Waals surface area (Å²) in [6.07, 6.45) is 24.4. The Morgan fingerprint density at radius 2 is 1.25 bits per heavy atom. The summed E-state index contributed by atoms with van der Waals surface area (Å²) < 4.78 is 4.06. The van der Waals surface area contributed by atoms with E-state index in [0.717, 1.165) is 37.8 Å². The van der Waals surface area contributed by atoms with Crippen molar-refractivity contribution in [2.45, 2.75) is 32.1 Å². The number of benzene rings is 7. The van der Waals surface area contributed by atoms with Gasteiger partial charge in [0.2, 0.25) is 0 Å². The van der Waals surface area contributed by atoms with Crippen molar-refractivity contribution >= 4 is 81.2 Å². The Hall–Kier alpha value is -6.52. The van der Waals surface area contributed by atoms with Gasteiger partial charge in [-0.15, -0.1) is 22.7 Å². The van der Waals surface area contributed by atoms with E-state index in [1.807, 2.05) is 22.7 Å². The first-order chi connectivity index (χ1) is 30.2. The van der Waals surface area contributed by atoms with E-state index in [2.05, 4.69) is 199 Å². The molecule has 0 amide bonds. The fourth-order valence-corrected chi connectivity index (χ4v) is 12.4. The Bertz CT molecular complexity index is 3340. The quantitative estimate of drug-likeness (QED) is 0.155. The molecule has 0 fully saturated rings. The second kappa shape index (κ2) is 15.2. The predicted octanol–water partition coefficient (Wildman–Crippen LogP) is 17.3. The van der Waals surface area contributed by atoms with Gasteiger partial charge < -0.3 is 4.90 Å². The molecule has 9 aromatic rings. The Balaban J connectivity index is 0.998. The number of nitrogens with zero attached hydrogens (tertiary/aromatic N) is 1. The van der Waals surface area contributed by atoms with E-state index < -0.39 is 0 Å². The van der Waals surface area contributed by atoms with E-state index in [-0.39, 0.29) is 0 Å². The SMILES string of the molecule is C1=CC(C2C=C(N(c3ccc(-c4ccc(-c5cccc6c5sc5ccccc56)c(-c5cccc6c7c(sc56)C=CCC7)c4)cc3)c3ccc4ccccc4c3)C=CC2)=CCC1. The maximum atomic E-state index is 2.48. The minimum absolute atomic E-state index is 0.364. The van der Waals surface area contributed by atoms with Gasteiger partial charge in [0, 0.05) is 63.9 Å². The molecule has 12 rings (SSSR count). The zero-order chi connectivity index (χ0) is 40.3. The molecule has 0 saturated carbocycles. The van der Waals surface area contributed by atoms with E-state index in [0.29, 0.717) is 5.92 Å². The lowest BCUT2D eigenvalue weighted by atomic mass is 9.87. The molecule has 7 aromatic carbocycles. The van der Waals surface area contributed by atoms with Gasteiger partial charge in [-0.3, -0.25) is 0 Å². The first-order valence-corrected chi connectivity index (χ1v) is 23.3. The van der Waals surface area contributed by atoms with Gasteiger partial charge in [-0.2, -0.15) is 0 Å². The third-order valence-electron chi connectivity index (χ3n) is 12.9. The van der Waals surface area contributed by atoms with Crippen molar-refractivity contribution in [2.75, 3.05) is 4.90 Å². The van der Waals surface area contributed by atoms with E-state index in [1.165, 1.54) is 102 Å². The highest BCUT2D eigenvalue weighted by molar-refractivity contribution is 7.26. The van der Waals surface area contributed by atoms with E-state index in [4.69, 9.17) is 0 Å². The van der Waals surface area contributed by atoms with Gasteiger partial charge in [0.25, 0.3) is 0 Å². The molecule has 61 heavy (non-hydrogen) atoms. The predicted molar refractivity (Wildman–Crippen MR) is 266 cm³/mol. The number of allylic oxidation sites excluding steroid dienone is 8. The van der Waals surface area contributed by atoms with Crippen LogP contribution in [0.3, 0.4) is 0 Å². The van der Waals surface area contributed by atoms with E-state index >= 15 is 0 Å². The molecule has 0 saturated heterocycles. The Labute approximate surface area is 365 Å². The Kier molecular flexibility index (Phi) is 9.05. The molecular formula is C58H43NS2. The molecule has 1 nitrogen and oxygen atoms in total. The molecule has 1 unspecified atom stereocenters. The molecule has 2 aromatic heterocycles. The topological polar surface area (TPSA) is 3.24 Å². The van der Waals surface area contributed by atoms with Crippen LogP contribution in [0.1, 0.15) is 36.1 Å². The molecule has 3 aliphatic rings. The molecule has 0 radical (unpaired) electrons. The molecule has 292 valence electrons. The van der Waals surface area contributed by atoms with Crippen molar-refractivity contribution in [1.82, 2.24) is 0 Å². The summed E-state index contributed by atoms with van der Waals surface area (Å²) in [7, 11) is 0. The fraction of sp³-hybridized carbons (Fsp3) is 0.103.